The Morgan fingerprint density at radius 2 is 1.64 bits per heavy atom. The van der Waals surface area contributed by atoms with Crippen molar-refractivity contribution in [1.29, 1.82) is 0 Å². The van der Waals surface area contributed by atoms with Crippen LogP contribution in [-0.2, 0) is 24.0 Å². The smallest absolute Gasteiger partial charge is 0.416 e. The van der Waals surface area contributed by atoms with Gasteiger partial charge < -0.3 is 15.2 Å². The summed E-state index contributed by atoms with van der Waals surface area (Å²) < 4.78 is 85.4. The van der Waals surface area contributed by atoms with Gasteiger partial charge in [-0.05, 0) is 30.7 Å². The van der Waals surface area contributed by atoms with Crippen molar-refractivity contribution in [2.24, 2.45) is 5.73 Å². The van der Waals surface area contributed by atoms with Gasteiger partial charge in [0.15, 0.2) is 11.6 Å². The van der Waals surface area contributed by atoms with Gasteiger partial charge in [0.2, 0.25) is 0 Å². The zero-order valence-electron chi connectivity index (χ0n) is 23.7. The second kappa shape index (κ2) is 12.7. The van der Waals surface area contributed by atoms with E-state index in [-0.39, 0.29) is 35.2 Å². The number of rotatable bonds is 8. The van der Waals surface area contributed by atoms with Crippen LogP contribution in [0, 0.1) is 18.6 Å². The molecule has 1 aliphatic heterocycles. The van der Waals surface area contributed by atoms with Crippen LogP contribution in [-0.4, -0.2) is 28.5 Å². The van der Waals surface area contributed by atoms with Gasteiger partial charge in [-0.3, -0.25) is 13.9 Å². The summed E-state index contributed by atoms with van der Waals surface area (Å²) in [6.45, 7) is 0.939. The van der Waals surface area contributed by atoms with E-state index in [0.717, 1.165) is 21.3 Å². The number of ether oxygens (including phenoxy) is 2. The summed E-state index contributed by atoms with van der Waals surface area (Å²) in [5.74, 6) is -2.21. The van der Waals surface area contributed by atoms with Crippen LogP contribution in [0.25, 0.3) is 11.1 Å². The summed E-state index contributed by atoms with van der Waals surface area (Å²) in [6, 6.07) is 14.4. The number of alkyl halides is 3. The first-order valence-electron chi connectivity index (χ1n) is 14.0. The topological polar surface area (TPSA) is 88.5 Å². The molecular formula is C32H30F5N3O4. The van der Waals surface area contributed by atoms with Crippen molar-refractivity contribution >= 4 is 0 Å². The maximum absolute atomic E-state index is 16.1. The number of benzene rings is 3. The first-order valence-corrected chi connectivity index (χ1v) is 14.0. The fraction of sp³-hybridized carbons (Fsp3) is 0.312. The van der Waals surface area contributed by atoms with Gasteiger partial charge >= 0.3 is 11.9 Å². The molecule has 1 aromatic heterocycles. The molecule has 0 saturated carbocycles. The number of hydrogen-bond donors (Lipinski definition) is 1. The molecule has 232 valence electrons. The fourth-order valence-electron chi connectivity index (χ4n) is 5.37. The van der Waals surface area contributed by atoms with Gasteiger partial charge in [-0.25, -0.2) is 13.6 Å². The second-order valence-corrected chi connectivity index (χ2v) is 10.6. The van der Waals surface area contributed by atoms with Crippen molar-refractivity contribution in [3.05, 3.63) is 122 Å². The van der Waals surface area contributed by atoms with Crippen molar-refractivity contribution in [1.82, 2.24) is 9.13 Å². The summed E-state index contributed by atoms with van der Waals surface area (Å²) in [7, 11) is 0. The Hall–Kier alpha value is -4.29. The molecule has 1 fully saturated rings. The molecular weight excluding hydrogens is 585 g/mol. The Labute approximate surface area is 249 Å². The van der Waals surface area contributed by atoms with Gasteiger partial charge in [0.05, 0.1) is 37.4 Å². The van der Waals surface area contributed by atoms with Crippen LogP contribution < -0.4 is 21.7 Å². The molecule has 3 aromatic carbocycles. The highest BCUT2D eigenvalue weighted by molar-refractivity contribution is 5.67. The highest BCUT2D eigenvalue weighted by atomic mass is 19.4. The summed E-state index contributed by atoms with van der Waals surface area (Å²) in [4.78, 5) is 27.7. The second-order valence-electron chi connectivity index (χ2n) is 10.6. The third kappa shape index (κ3) is 6.31. The predicted octanol–water partition coefficient (Wildman–Crippen LogP) is 5.59. The molecule has 0 amide bonds. The molecule has 2 heterocycles. The maximum Gasteiger partial charge on any atom is 0.416 e. The molecule has 4 aromatic rings. The minimum atomic E-state index is -4.93. The van der Waals surface area contributed by atoms with Crippen LogP contribution in [0.3, 0.4) is 0 Å². The summed E-state index contributed by atoms with van der Waals surface area (Å²) >= 11 is 0. The normalized spacial score (nSPS) is 14.9. The van der Waals surface area contributed by atoms with Crippen LogP contribution in [0.4, 0.5) is 22.0 Å². The minimum Gasteiger partial charge on any atom is -0.487 e. The summed E-state index contributed by atoms with van der Waals surface area (Å²) in [5.41, 5.74) is 2.26. The van der Waals surface area contributed by atoms with E-state index in [9.17, 15) is 27.2 Å². The van der Waals surface area contributed by atoms with Gasteiger partial charge in [-0.1, -0.05) is 48.5 Å². The minimum absolute atomic E-state index is 0.132. The van der Waals surface area contributed by atoms with Crippen molar-refractivity contribution in [3.8, 4) is 16.9 Å². The van der Waals surface area contributed by atoms with Crippen molar-refractivity contribution in [2.75, 3.05) is 13.2 Å². The molecule has 7 nitrogen and oxygen atoms in total. The Bertz CT molecular complexity index is 1760. The lowest BCUT2D eigenvalue weighted by Gasteiger charge is -2.24. The molecule has 1 saturated heterocycles. The van der Waals surface area contributed by atoms with Crippen molar-refractivity contribution in [3.63, 3.8) is 0 Å². The zero-order valence-corrected chi connectivity index (χ0v) is 23.7. The number of halogens is 5. The lowest BCUT2D eigenvalue weighted by Crippen LogP contribution is -2.44. The Kier molecular flexibility index (Phi) is 9.02. The van der Waals surface area contributed by atoms with Crippen LogP contribution in [0.5, 0.6) is 5.75 Å². The number of nitrogens with zero attached hydrogens (tertiary/aromatic N) is 2. The van der Waals surface area contributed by atoms with E-state index in [1.165, 1.54) is 25.1 Å². The van der Waals surface area contributed by atoms with Gasteiger partial charge in [-0.15, -0.1) is 0 Å². The van der Waals surface area contributed by atoms with Crippen molar-refractivity contribution in [2.45, 2.75) is 51.2 Å². The third-order valence-corrected chi connectivity index (χ3v) is 7.73. The Morgan fingerprint density at radius 1 is 0.955 bits per heavy atom. The van der Waals surface area contributed by atoms with E-state index >= 15 is 4.39 Å². The zero-order chi connectivity index (χ0) is 31.6. The Morgan fingerprint density at radius 3 is 2.32 bits per heavy atom. The van der Waals surface area contributed by atoms with Crippen molar-refractivity contribution < 1.29 is 31.4 Å². The fourth-order valence-corrected chi connectivity index (χ4v) is 5.37. The molecule has 0 aliphatic carbocycles. The first kappa shape index (κ1) is 31.1. The van der Waals surface area contributed by atoms with Gasteiger partial charge in [-0.2, -0.15) is 13.2 Å². The molecule has 44 heavy (non-hydrogen) atoms. The van der Waals surface area contributed by atoms with Gasteiger partial charge in [0.1, 0.15) is 11.9 Å². The van der Waals surface area contributed by atoms with Crippen LogP contribution in [0.2, 0.25) is 0 Å². The van der Waals surface area contributed by atoms with Gasteiger partial charge in [0.25, 0.3) is 5.56 Å². The predicted molar refractivity (Wildman–Crippen MR) is 153 cm³/mol. The van der Waals surface area contributed by atoms with Gasteiger partial charge in [0, 0.05) is 35.7 Å². The summed E-state index contributed by atoms with van der Waals surface area (Å²) in [6.07, 6.45) is -4.20. The van der Waals surface area contributed by atoms with Crippen LogP contribution in [0.1, 0.15) is 41.3 Å². The standard InChI is InChI=1S/C32H30F5N3O4/c1-19-28(22-9-5-12-27(29(22)34)44-21-13-15-43-16-14-21)30(41)40(18-26(38)20-7-3-2-4-8-20)31(42)39(19)17-23-24(32(35,36)37)10-6-11-25(23)33/h2-12,21,26H,13-18,38H2,1H3. The molecule has 0 spiro atoms. The lowest BCUT2D eigenvalue weighted by atomic mass is 10.0. The van der Waals surface area contributed by atoms with Crippen LogP contribution in [0.15, 0.2) is 76.3 Å². The largest absolute Gasteiger partial charge is 0.487 e. The SMILES string of the molecule is Cc1c(-c2cccc(OC3CCOCC3)c2F)c(=O)n(CC(N)c2ccccc2)c(=O)n1Cc1c(F)cccc1C(F)(F)F. The monoisotopic (exact) mass is 615 g/mol. The van der Waals surface area contributed by atoms with Crippen LogP contribution >= 0.6 is 0 Å². The quantitative estimate of drug-likeness (QED) is 0.261. The molecule has 1 aliphatic rings. The lowest BCUT2D eigenvalue weighted by molar-refractivity contribution is -0.138. The molecule has 1 unspecified atom stereocenters. The maximum atomic E-state index is 16.1. The van der Waals surface area contributed by atoms with E-state index < -0.39 is 52.8 Å². The average Bonchev–Trinajstić information content (AvgIpc) is 3.00. The highest BCUT2D eigenvalue weighted by Gasteiger charge is 2.35. The molecule has 0 bridgehead atoms. The van der Waals surface area contributed by atoms with E-state index in [2.05, 4.69) is 0 Å². The van der Waals surface area contributed by atoms with E-state index in [4.69, 9.17) is 15.2 Å². The molecule has 12 heteroatoms. The molecule has 2 N–H and O–H groups in total. The Balaban J connectivity index is 1.69. The number of hydrogen-bond acceptors (Lipinski definition) is 5. The molecule has 5 rings (SSSR count). The average molecular weight is 616 g/mol. The molecule has 0 radical (unpaired) electrons. The van der Waals surface area contributed by atoms with E-state index in [1.54, 1.807) is 30.3 Å². The molecule has 1 atom stereocenters. The number of nitrogens with two attached hydrogens (primary N) is 1. The van der Waals surface area contributed by atoms with E-state index in [0.29, 0.717) is 37.7 Å². The van der Waals surface area contributed by atoms with E-state index in [1.807, 2.05) is 0 Å². The third-order valence-electron chi connectivity index (χ3n) is 7.73. The first-order chi connectivity index (χ1) is 21.0. The summed E-state index contributed by atoms with van der Waals surface area (Å²) in [5, 5.41) is 0. The number of aromatic nitrogens is 2. The highest BCUT2D eigenvalue weighted by Crippen LogP contribution is 2.34.